The van der Waals surface area contributed by atoms with Gasteiger partial charge in [0, 0.05) is 19.6 Å². The van der Waals surface area contributed by atoms with Gasteiger partial charge >= 0.3 is 0 Å². The molecule has 2 heterocycles. The molecule has 0 bridgehead atoms. The second-order valence-corrected chi connectivity index (χ2v) is 6.71. The van der Waals surface area contributed by atoms with Gasteiger partial charge in [-0.15, -0.1) is 0 Å². The molecule has 3 rings (SSSR count). The summed E-state index contributed by atoms with van der Waals surface area (Å²) in [6.07, 6.45) is 3.21. The Morgan fingerprint density at radius 3 is 2.57 bits per heavy atom. The van der Waals surface area contributed by atoms with Gasteiger partial charge in [-0.1, -0.05) is 44.2 Å². The molecule has 0 N–H and O–H groups in total. The van der Waals surface area contributed by atoms with Gasteiger partial charge in [-0.25, -0.2) is 0 Å². The molecule has 4 nitrogen and oxygen atoms in total. The van der Waals surface area contributed by atoms with E-state index in [0.29, 0.717) is 0 Å². The summed E-state index contributed by atoms with van der Waals surface area (Å²) in [5.74, 6) is 1.83. The monoisotopic (exact) mass is 313 g/mol. The summed E-state index contributed by atoms with van der Waals surface area (Å²) in [5.41, 5.74) is 1.11. The van der Waals surface area contributed by atoms with Crippen LogP contribution in [0.1, 0.15) is 44.6 Å². The number of likely N-dealkylation sites (tertiary alicyclic amines) is 1. The highest BCUT2D eigenvalue weighted by atomic mass is 16.2. The molecule has 1 saturated heterocycles. The van der Waals surface area contributed by atoms with Gasteiger partial charge in [-0.2, -0.15) is 0 Å². The van der Waals surface area contributed by atoms with Crippen molar-refractivity contribution in [3.63, 3.8) is 0 Å². The molecule has 1 atom stereocenters. The molecular weight excluding hydrogens is 286 g/mol. The third-order valence-corrected chi connectivity index (χ3v) is 5.06. The minimum absolute atomic E-state index is 0.0665. The SMILES string of the molecule is CCC(C(=O)N1CCN=C1N1CCC(C)CC1)c1ccccc1. The van der Waals surface area contributed by atoms with Crippen molar-refractivity contribution < 1.29 is 4.79 Å². The van der Waals surface area contributed by atoms with Crippen LogP contribution in [0.3, 0.4) is 0 Å². The summed E-state index contributed by atoms with van der Waals surface area (Å²) < 4.78 is 0. The predicted molar refractivity (Wildman–Crippen MR) is 93.5 cm³/mol. The van der Waals surface area contributed by atoms with Crippen LogP contribution in [0.5, 0.6) is 0 Å². The maximum absolute atomic E-state index is 13.1. The van der Waals surface area contributed by atoms with Crippen LogP contribution in [0, 0.1) is 5.92 Å². The van der Waals surface area contributed by atoms with E-state index in [2.05, 4.69) is 35.9 Å². The number of guanidine groups is 1. The lowest BCUT2D eigenvalue weighted by Crippen LogP contribution is -2.49. The average molecular weight is 313 g/mol. The standard InChI is InChI=1S/C19H27N3O/c1-3-17(16-7-5-4-6-8-16)18(23)22-14-11-20-19(22)21-12-9-15(2)10-13-21/h4-8,15,17H,3,9-14H2,1-2H3. The van der Waals surface area contributed by atoms with E-state index in [1.165, 1.54) is 12.8 Å². The topological polar surface area (TPSA) is 35.9 Å². The van der Waals surface area contributed by atoms with Gasteiger partial charge in [0.05, 0.1) is 12.5 Å². The largest absolute Gasteiger partial charge is 0.342 e. The first-order valence-electron chi connectivity index (χ1n) is 8.86. The number of hydrogen-bond acceptors (Lipinski definition) is 3. The van der Waals surface area contributed by atoms with Crippen molar-refractivity contribution in [2.24, 2.45) is 10.9 Å². The third-order valence-electron chi connectivity index (χ3n) is 5.06. The summed E-state index contributed by atoms with van der Waals surface area (Å²) in [6.45, 7) is 7.89. The molecule has 23 heavy (non-hydrogen) atoms. The van der Waals surface area contributed by atoms with E-state index in [1.807, 2.05) is 23.1 Å². The zero-order valence-electron chi connectivity index (χ0n) is 14.2. The van der Waals surface area contributed by atoms with Crippen LogP contribution < -0.4 is 0 Å². The van der Waals surface area contributed by atoms with Crippen LogP contribution in [-0.4, -0.2) is 47.8 Å². The van der Waals surface area contributed by atoms with Crippen molar-refractivity contribution >= 4 is 11.9 Å². The summed E-state index contributed by atoms with van der Waals surface area (Å²) in [6, 6.07) is 10.1. The summed E-state index contributed by atoms with van der Waals surface area (Å²) in [4.78, 5) is 22.0. The first-order chi connectivity index (χ1) is 11.2. The highest BCUT2D eigenvalue weighted by molar-refractivity contribution is 6.01. The van der Waals surface area contributed by atoms with E-state index < -0.39 is 0 Å². The summed E-state index contributed by atoms with van der Waals surface area (Å²) in [7, 11) is 0. The van der Waals surface area contributed by atoms with E-state index in [4.69, 9.17) is 0 Å². The molecule has 0 aromatic heterocycles. The number of carbonyl (C=O) groups is 1. The van der Waals surface area contributed by atoms with Crippen molar-refractivity contribution in [3.8, 4) is 0 Å². The van der Waals surface area contributed by atoms with Gasteiger partial charge in [0.15, 0.2) is 0 Å². The molecule has 0 aliphatic carbocycles. The molecule has 1 amide bonds. The molecule has 4 heteroatoms. The summed E-state index contributed by atoms with van der Waals surface area (Å²) >= 11 is 0. The molecule has 2 aliphatic heterocycles. The Bertz CT molecular complexity index is 561. The number of rotatable bonds is 3. The molecule has 0 saturated carbocycles. The van der Waals surface area contributed by atoms with Crippen molar-refractivity contribution in [3.05, 3.63) is 35.9 Å². The smallest absolute Gasteiger partial charge is 0.236 e. The predicted octanol–water partition coefficient (Wildman–Crippen LogP) is 3.11. The Morgan fingerprint density at radius 2 is 1.91 bits per heavy atom. The number of benzene rings is 1. The highest BCUT2D eigenvalue weighted by Gasteiger charge is 2.33. The fourth-order valence-corrected chi connectivity index (χ4v) is 3.55. The Balaban J connectivity index is 1.74. The fourth-order valence-electron chi connectivity index (χ4n) is 3.55. The van der Waals surface area contributed by atoms with E-state index >= 15 is 0 Å². The first kappa shape index (κ1) is 16.0. The number of nitrogens with zero attached hydrogens (tertiary/aromatic N) is 3. The third kappa shape index (κ3) is 3.41. The average Bonchev–Trinajstić information content (AvgIpc) is 3.07. The van der Waals surface area contributed by atoms with Gasteiger partial charge in [0.25, 0.3) is 0 Å². The van der Waals surface area contributed by atoms with Gasteiger partial charge in [0.2, 0.25) is 11.9 Å². The van der Waals surface area contributed by atoms with E-state index in [1.54, 1.807) is 0 Å². The minimum atomic E-state index is -0.0665. The van der Waals surface area contributed by atoms with Crippen LogP contribution in [0.25, 0.3) is 0 Å². The Labute approximate surface area is 139 Å². The second-order valence-electron chi connectivity index (χ2n) is 6.71. The Hall–Kier alpha value is -1.84. The van der Waals surface area contributed by atoms with Gasteiger partial charge in [-0.3, -0.25) is 14.7 Å². The minimum Gasteiger partial charge on any atom is -0.342 e. The van der Waals surface area contributed by atoms with Crippen molar-refractivity contribution in [1.82, 2.24) is 9.80 Å². The van der Waals surface area contributed by atoms with Crippen molar-refractivity contribution in [2.75, 3.05) is 26.2 Å². The lowest BCUT2D eigenvalue weighted by atomic mass is 9.95. The van der Waals surface area contributed by atoms with Crippen LogP contribution in [0.4, 0.5) is 0 Å². The molecule has 1 aromatic carbocycles. The number of hydrogen-bond donors (Lipinski definition) is 0. The van der Waals surface area contributed by atoms with Gasteiger partial charge in [-0.05, 0) is 30.7 Å². The zero-order valence-corrected chi connectivity index (χ0v) is 14.2. The normalized spacial score (nSPS) is 20.5. The lowest BCUT2D eigenvalue weighted by molar-refractivity contribution is -0.129. The van der Waals surface area contributed by atoms with Gasteiger partial charge in [0.1, 0.15) is 0 Å². The van der Waals surface area contributed by atoms with Crippen LogP contribution in [0.15, 0.2) is 35.3 Å². The molecule has 1 fully saturated rings. The number of amides is 1. The molecule has 124 valence electrons. The van der Waals surface area contributed by atoms with E-state index in [-0.39, 0.29) is 11.8 Å². The quantitative estimate of drug-likeness (QED) is 0.859. The highest BCUT2D eigenvalue weighted by Crippen LogP contribution is 2.25. The van der Waals surface area contributed by atoms with Gasteiger partial charge < -0.3 is 4.90 Å². The van der Waals surface area contributed by atoms with Crippen molar-refractivity contribution in [1.29, 1.82) is 0 Å². The number of piperidine rings is 1. The van der Waals surface area contributed by atoms with Crippen LogP contribution in [-0.2, 0) is 4.79 Å². The number of aliphatic imine (C=N–C) groups is 1. The number of carbonyl (C=O) groups excluding carboxylic acids is 1. The second kappa shape index (κ2) is 7.16. The fraction of sp³-hybridized carbons (Fsp3) is 0.579. The summed E-state index contributed by atoms with van der Waals surface area (Å²) in [5, 5.41) is 0. The molecule has 2 aliphatic rings. The maximum atomic E-state index is 13.1. The molecule has 0 radical (unpaired) electrons. The van der Waals surface area contributed by atoms with E-state index in [9.17, 15) is 4.79 Å². The Morgan fingerprint density at radius 1 is 1.22 bits per heavy atom. The molecule has 0 spiro atoms. The van der Waals surface area contributed by atoms with Crippen molar-refractivity contribution in [2.45, 2.75) is 39.0 Å². The van der Waals surface area contributed by atoms with Crippen LogP contribution >= 0.6 is 0 Å². The van der Waals surface area contributed by atoms with Crippen LogP contribution in [0.2, 0.25) is 0 Å². The molecular formula is C19H27N3O. The molecule has 1 unspecified atom stereocenters. The lowest BCUT2D eigenvalue weighted by Gasteiger charge is -2.35. The van der Waals surface area contributed by atoms with E-state index in [0.717, 1.165) is 50.0 Å². The zero-order chi connectivity index (χ0) is 16.2. The maximum Gasteiger partial charge on any atom is 0.236 e. The first-order valence-corrected chi connectivity index (χ1v) is 8.86. The Kier molecular flexibility index (Phi) is 4.99. The molecule has 1 aromatic rings.